The van der Waals surface area contributed by atoms with Crippen LogP contribution in [0.15, 0.2) is 55.1 Å². The van der Waals surface area contributed by atoms with Crippen molar-refractivity contribution >= 4 is 27.8 Å². The van der Waals surface area contributed by atoms with Crippen molar-refractivity contribution < 1.29 is 18.9 Å². The van der Waals surface area contributed by atoms with E-state index in [1.54, 1.807) is 12.3 Å². The molecule has 9 heteroatoms. The topological polar surface area (TPSA) is 107 Å². The molecule has 0 amide bonds. The zero-order valence-electron chi connectivity index (χ0n) is 17.7. The Balaban J connectivity index is 1.26. The van der Waals surface area contributed by atoms with Crippen LogP contribution in [0.25, 0.3) is 21.9 Å². The van der Waals surface area contributed by atoms with E-state index in [0.717, 1.165) is 21.9 Å². The summed E-state index contributed by atoms with van der Waals surface area (Å²) >= 11 is 0. The zero-order valence-corrected chi connectivity index (χ0v) is 17.7. The summed E-state index contributed by atoms with van der Waals surface area (Å²) in [5.41, 5.74) is 7.39. The summed E-state index contributed by atoms with van der Waals surface area (Å²) in [4.78, 5) is 12.9. The van der Waals surface area contributed by atoms with Gasteiger partial charge in [-0.25, -0.2) is 15.0 Å². The molecule has 2 fully saturated rings. The SMILES string of the molecule is CC1(C)O[C@@H]2[C@H](O1)[C@@H](COc1ccc3ccc(N)nc3c1)O[C@H]2n1ccc2cncnc21. The largest absolute Gasteiger partial charge is 0.491 e. The highest BCUT2D eigenvalue weighted by atomic mass is 16.8. The number of nitrogens with two attached hydrogens (primary N) is 1. The van der Waals surface area contributed by atoms with Gasteiger partial charge in [0.1, 0.15) is 48.5 Å². The first-order chi connectivity index (χ1) is 15.5. The summed E-state index contributed by atoms with van der Waals surface area (Å²) in [5.74, 6) is 0.454. The van der Waals surface area contributed by atoms with E-state index in [1.807, 2.05) is 54.9 Å². The Kier molecular flexibility index (Phi) is 4.32. The number of aromatic nitrogens is 4. The summed E-state index contributed by atoms with van der Waals surface area (Å²) < 4.78 is 26.9. The molecule has 2 N–H and O–H groups in total. The van der Waals surface area contributed by atoms with Crippen LogP contribution >= 0.6 is 0 Å². The lowest BCUT2D eigenvalue weighted by molar-refractivity contribution is -0.198. The van der Waals surface area contributed by atoms with E-state index in [0.29, 0.717) is 18.2 Å². The standard InChI is InChI=1S/C23H23N5O4/c1-23(2)31-19-17(11-29-15-5-3-13-4-6-18(24)27-16(13)9-15)30-22(20(19)32-23)28-8-7-14-10-25-12-26-21(14)28/h3-10,12,17,19-20,22H,11H2,1-2H3,(H2,24,27)/t17-,19-,20-,22-/m1/s1. The third kappa shape index (κ3) is 3.26. The first kappa shape index (κ1) is 19.4. The molecule has 6 rings (SSSR count). The molecule has 9 nitrogen and oxygen atoms in total. The highest BCUT2D eigenvalue weighted by Gasteiger charge is 2.56. The van der Waals surface area contributed by atoms with Gasteiger partial charge >= 0.3 is 0 Å². The van der Waals surface area contributed by atoms with Crippen LogP contribution in [-0.4, -0.2) is 50.2 Å². The van der Waals surface area contributed by atoms with Gasteiger partial charge in [0.25, 0.3) is 0 Å². The van der Waals surface area contributed by atoms with Crippen molar-refractivity contribution in [1.29, 1.82) is 0 Å². The number of fused-ring (bicyclic) bond motifs is 3. The van der Waals surface area contributed by atoms with Crippen LogP contribution < -0.4 is 10.5 Å². The molecular weight excluding hydrogens is 410 g/mol. The normalized spacial score (nSPS) is 26.6. The zero-order chi connectivity index (χ0) is 21.9. The van der Waals surface area contributed by atoms with Gasteiger partial charge in [-0.3, -0.25) is 0 Å². The highest BCUT2D eigenvalue weighted by Crippen LogP contribution is 2.44. The van der Waals surface area contributed by atoms with E-state index in [2.05, 4.69) is 15.0 Å². The molecule has 32 heavy (non-hydrogen) atoms. The minimum atomic E-state index is -0.710. The molecule has 4 atom stereocenters. The van der Waals surface area contributed by atoms with Gasteiger partial charge in [0, 0.05) is 29.2 Å². The second-order valence-electron chi connectivity index (χ2n) is 8.56. The average molecular weight is 433 g/mol. The molecule has 4 aromatic rings. The van der Waals surface area contributed by atoms with Gasteiger partial charge in [-0.15, -0.1) is 0 Å². The number of hydrogen-bond acceptors (Lipinski definition) is 8. The van der Waals surface area contributed by atoms with Crippen molar-refractivity contribution in [3.05, 3.63) is 55.1 Å². The van der Waals surface area contributed by atoms with Crippen molar-refractivity contribution in [3.8, 4) is 5.75 Å². The van der Waals surface area contributed by atoms with Crippen molar-refractivity contribution in [2.45, 2.75) is 44.2 Å². The van der Waals surface area contributed by atoms with Crippen LogP contribution in [0.3, 0.4) is 0 Å². The lowest BCUT2D eigenvalue weighted by atomic mass is 10.1. The monoisotopic (exact) mass is 433 g/mol. The van der Waals surface area contributed by atoms with E-state index in [9.17, 15) is 0 Å². The van der Waals surface area contributed by atoms with Crippen LogP contribution in [0.1, 0.15) is 20.1 Å². The van der Waals surface area contributed by atoms with Crippen molar-refractivity contribution in [1.82, 2.24) is 19.5 Å². The molecular formula is C23H23N5O4. The van der Waals surface area contributed by atoms with E-state index in [4.69, 9.17) is 24.7 Å². The molecule has 2 saturated heterocycles. The maximum atomic E-state index is 6.39. The maximum Gasteiger partial charge on any atom is 0.164 e. The molecule has 2 aliphatic rings. The number of nitrogen functional groups attached to an aromatic ring is 1. The molecule has 1 aromatic carbocycles. The predicted octanol–water partition coefficient (Wildman–Crippen LogP) is 3.06. The molecule has 0 bridgehead atoms. The van der Waals surface area contributed by atoms with E-state index >= 15 is 0 Å². The van der Waals surface area contributed by atoms with Gasteiger partial charge in [0.15, 0.2) is 12.0 Å². The van der Waals surface area contributed by atoms with Gasteiger partial charge in [-0.1, -0.05) is 0 Å². The average Bonchev–Trinajstić information content (AvgIpc) is 3.42. The Morgan fingerprint density at radius 1 is 1.09 bits per heavy atom. The van der Waals surface area contributed by atoms with Gasteiger partial charge in [-0.05, 0) is 44.2 Å². The van der Waals surface area contributed by atoms with Gasteiger partial charge in [0.2, 0.25) is 0 Å². The molecule has 2 aliphatic heterocycles. The van der Waals surface area contributed by atoms with E-state index < -0.39 is 5.79 Å². The Bertz CT molecular complexity index is 1310. The molecule has 0 aliphatic carbocycles. The number of rotatable bonds is 4. The third-order valence-electron chi connectivity index (χ3n) is 5.88. The minimum absolute atomic E-state index is 0.275. The van der Waals surface area contributed by atoms with Gasteiger partial charge < -0.3 is 29.2 Å². The molecule has 0 unspecified atom stereocenters. The third-order valence-corrected chi connectivity index (χ3v) is 5.88. The van der Waals surface area contributed by atoms with E-state index in [1.165, 1.54) is 6.33 Å². The molecule has 5 heterocycles. The number of anilines is 1. The molecule has 3 aromatic heterocycles. The molecule has 0 radical (unpaired) electrons. The van der Waals surface area contributed by atoms with Crippen LogP contribution in [0.2, 0.25) is 0 Å². The van der Waals surface area contributed by atoms with Crippen molar-refractivity contribution in [2.24, 2.45) is 0 Å². The summed E-state index contributed by atoms with van der Waals surface area (Å²) in [6.07, 6.45) is 3.98. The van der Waals surface area contributed by atoms with Crippen molar-refractivity contribution in [2.75, 3.05) is 12.3 Å². The summed E-state index contributed by atoms with van der Waals surface area (Å²) in [6, 6.07) is 11.4. The summed E-state index contributed by atoms with van der Waals surface area (Å²) in [7, 11) is 0. The maximum absolute atomic E-state index is 6.39. The van der Waals surface area contributed by atoms with Crippen LogP contribution in [0.4, 0.5) is 5.82 Å². The number of benzene rings is 1. The lowest BCUT2D eigenvalue weighted by Crippen LogP contribution is -2.33. The first-order valence-corrected chi connectivity index (χ1v) is 10.5. The fraction of sp³-hybridized carbons (Fsp3) is 0.348. The number of ether oxygens (including phenoxy) is 4. The van der Waals surface area contributed by atoms with Crippen molar-refractivity contribution in [3.63, 3.8) is 0 Å². The quantitative estimate of drug-likeness (QED) is 0.523. The summed E-state index contributed by atoms with van der Waals surface area (Å²) in [5, 5.41) is 1.94. The Morgan fingerprint density at radius 3 is 2.84 bits per heavy atom. The lowest BCUT2D eigenvalue weighted by Gasteiger charge is -2.25. The van der Waals surface area contributed by atoms with E-state index in [-0.39, 0.29) is 24.5 Å². The van der Waals surface area contributed by atoms with Gasteiger partial charge in [0.05, 0.1) is 5.52 Å². The number of hydrogen-bond donors (Lipinski definition) is 1. The summed E-state index contributed by atoms with van der Waals surface area (Å²) in [6.45, 7) is 4.13. The highest BCUT2D eigenvalue weighted by molar-refractivity contribution is 5.81. The Labute approximate surface area is 184 Å². The first-order valence-electron chi connectivity index (χ1n) is 10.5. The molecule has 164 valence electrons. The minimum Gasteiger partial charge on any atom is -0.491 e. The molecule has 0 spiro atoms. The molecule has 0 saturated carbocycles. The van der Waals surface area contributed by atoms with Crippen LogP contribution in [-0.2, 0) is 14.2 Å². The van der Waals surface area contributed by atoms with Crippen LogP contribution in [0, 0.1) is 0 Å². The Hall–Kier alpha value is -3.27. The van der Waals surface area contributed by atoms with Crippen LogP contribution in [0.5, 0.6) is 5.75 Å². The Morgan fingerprint density at radius 2 is 1.94 bits per heavy atom. The fourth-order valence-electron chi connectivity index (χ4n) is 4.50. The smallest absolute Gasteiger partial charge is 0.164 e. The number of nitrogens with zero attached hydrogens (tertiary/aromatic N) is 4. The predicted molar refractivity (Wildman–Crippen MR) is 117 cm³/mol. The number of pyridine rings is 1. The second-order valence-corrected chi connectivity index (χ2v) is 8.56. The van der Waals surface area contributed by atoms with Gasteiger partial charge in [-0.2, -0.15) is 0 Å². The second kappa shape index (κ2) is 7.13. The fourth-order valence-corrected chi connectivity index (χ4v) is 4.50.